The van der Waals surface area contributed by atoms with Crippen molar-refractivity contribution in [1.29, 1.82) is 0 Å². The van der Waals surface area contributed by atoms with E-state index in [0.29, 0.717) is 0 Å². The fraction of sp³-hybridized carbons (Fsp3) is 0.343. The Morgan fingerprint density at radius 3 is 1.77 bits per heavy atom. The largest absolute Gasteiger partial charge is 0.147 e. The average Bonchev–Trinajstić information content (AvgIpc) is 3.35. The molecule has 0 atom stereocenters. The summed E-state index contributed by atoms with van der Waals surface area (Å²) < 4.78 is 10.3. The molecule has 214 valence electrons. The number of halogens is 2. The van der Waals surface area contributed by atoms with E-state index in [0.717, 1.165) is 12.2 Å². The fourth-order valence-electron chi connectivity index (χ4n) is 5.04. The van der Waals surface area contributed by atoms with Gasteiger partial charge in [-0.1, -0.05) is 0 Å². The second-order valence-corrected chi connectivity index (χ2v) is 21.6. The van der Waals surface area contributed by atoms with Gasteiger partial charge in [0.1, 0.15) is 0 Å². The second kappa shape index (κ2) is 13.5. The molecule has 1 aliphatic rings. The molecule has 1 nitrogen and oxygen atoms in total. The standard InChI is InChI=1S/C13H22OSi.C13H10.C9H13.2ClH.Ti/c1-10-7-11(14)9-12(8-10)15(5,6)13(2,3)4;1-3-7-12(8-4-1)11-13-9-5-2-6-10-13;1-9(2,3)8-6-4-5-7-8;;;/h7-9,14H,1-6H3;1-10H;4,6H,5H2,1-3H3;2*1H;/q;;;;;+1/p-1. The van der Waals surface area contributed by atoms with Gasteiger partial charge in [-0.3, -0.25) is 0 Å². The zero-order valence-electron chi connectivity index (χ0n) is 25.6. The van der Waals surface area contributed by atoms with Crippen LogP contribution in [0.3, 0.4) is 0 Å². The fourth-order valence-corrected chi connectivity index (χ4v) is 11.3. The van der Waals surface area contributed by atoms with Gasteiger partial charge >= 0.3 is 240 Å². The van der Waals surface area contributed by atoms with E-state index in [2.05, 4.69) is 153 Å². The molecule has 0 unspecified atom stereocenters. The number of rotatable bonds is 6. The minimum Gasteiger partial charge on any atom is -0.147 e. The summed E-state index contributed by atoms with van der Waals surface area (Å²) >= 11 is -2.51. The third kappa shape index (κ3) is 7.58. The van der Waals surface area contributed by atoms with Crippen molar-refractivity contribution in [3.63, 3.8) is 0 Å². The van der Waals surface area contributed by atoms with Crippen molar-refractivity contribution >= 4 is 41.9 Å². The number of allylic oxidation sites excluding steroid dienone is 4. The van der Waals surface area contributed by atoms with Gasteiger partial charge in [0.2, 0.25) is 0 Å². The molecule has 0 saturated heterocycles. The van der Waals surface area contributed by atoms with Gasteiger partial charge < -0.3 is 0 Å². The maximum absolute atomic E-state index is 7.38. The maximum Gasteiger partial charge on any atom is -0.147 e. The summed E-state index contributed by atoms with van der Waals surface area (Å²) in [6.45, 7) is 21.4. The van der Waals surface area contributed by atoms with Gasteiger partial charge in [0.15, 0.2) is 0 Å². The van der Waals surface area contributed by atoms with Crippen LogP contribution in [0.5, 0.6) is 5.75 Å². The van der Waals surface area contributed by atoms with Crippen LogP contribution in [0.15, 0.2) is 100 Å². The predicted molar refractivity (Wildman–Crippen MR) is 179 cm³/mol. The topological polar surface area (TPSA) is 9.23 Å². The molecular weight excluding hydrogens is 583 g/mol. The van der Waals surface area contributed by atoms with Crippen LogP contribution < -0.4 is 8.51 Å². The normalized spacial score (nSPS) is 13.4. The second-order valence-electron chi connectivity index (χ2n) is 13.2. The molecule has 3 aromatic carbocycles. The molecule has 0 spiro atoms. The van der Waals surface area contributed by atoms with Gasteiger partial charge in [-0.15, -0.1) is 24.8 Å². The Kier molecular flexibility index (Phi) is 11.7. The van der Waals surface area contributed by atoms with Crippen molar-refractivity contribution < 1.29 is 21.1 Å². The van der Waals surface area contributed by atoms with E-state index in [1.807, 2.05) is 0 Å². The number of hydrogen-bond donors (Lipinski definition) is 0. The number of benzene rings is 3. The monoisotopic (exact) mass is 628 g/mol. The quantitative estimate of drug-likeness (QED) is 0.247. The number of aryl methyl sites for hydroxylation is 1. The van der Waals surface area contributed by atoms with E-state index in [4.69, 9.17) is 3.32 Å². The zero-order chi connectivity index (χ0) is 27.7. The summed E-state index contributed by atoms with van der Waals surface area (Å²) in [5, 5.41) is 1.74. The van der Waals surface area contributed by atoms with E-state index in [-0.39, 0.29) is 35.3 Å². The van der Waals surface area contributed by atoms with Gasteiger partial charge in [0, 0.05) is 0 Å². The Balaban J connectivity index is 0.00000280. The zero-order valence-corrected chi connectivity index (χ0v) is 29.8. The van der Waals surface area contributed by atoms with Crippen LogP contribution in [0, 0.1) is 12.3 Å². The molecule has 0 amide bonds. The first-order valence-corrected chi connectivity index (χ1v) is 19.0. The van der Waals surface area contributed by atoms with Crippen molar-refractivity contribution in [2.24, 2.45) is 5.41 Å². The summed E-state index contributed by atoms with van der Waals surface area (Å²) in [7, 11) is -1.72. The Morgan fingerprint density at radius 1 is 0.775 bits per heavy atom. The average molecular weight is 630 g/mol. The minimum absolute atomic E-state index is 0. The molecule has 0 N–H and O–H groups in total. The van der Waals surface area contributed by atoms with Crippen molar-refractivity contribution in [2.75, 3.05) is 0 Å². The van der Waals surface area contributed by atoms with E-state index in [1.54, 1.807) is 0 Å². The van der Waals surface area contributed by atoms with Crippen LogP contribution >= 0.6 is 24.8 Å². The van der Waals surface area contributed by atoms with E-state index >= 15 is 0 Å². The molecule has 0 bridgehead atoms. The maximum atomic E-state index is 7.38. The summed E-state index contributed by atoms with van der Waals surface area (Å²) in [6, 6.07) is 28.9. The van der Waals surface area contributed by atoms with Gasteiger partial charge in [0.25, 0.3) is 0 Å². The minimum atomic E-state index is -2.51. The van der Waals surface area contributed by atoms with Crippen LogP contribution in [-0.2, 0) is 17.8 Å². The van der Waals surface area contributed by atoms with Crippen molar-refractivity contribution in [1.82, 2.24) is 0 Å². The van der Waals surface area contributed by atoms with Crippen LogP contribution in [-0.4, -0.2) is 11.9 Å². The smallest absolute Gasteiger partial charge is 0.147 e. The summed E-state index contributed by atoms with van der Waals surface area (Å²) in [5.74, 6) is 1.04. The molecule has 0 aromatic heterocycles. The van der Waals surface area contributed by atoms with E-state index in [1.165, 1.54) is 35.1 Å². The van der Waals surface area contributed by atoms with Crippen LogP contribution in [0.1, 0.15) is 64.7 Å². The van der Waals surface area contributed by atoms with Gasteiger partial charge in [0.05, 0.1) is 0 Å². The molecule has 1 aliphatic carbocycles. The number of hydrogen-bond acceptors (Lipinski definition) is 1. The Hall–Kier alpha value is -1.68. The molecule has 40 heavy (non-hydrogen) atoms. The molecule has 5 heteroatoms. The first kappa shape index (κ1) is 34.5. The van der Waals surface area contributed by atoms with Crippen LogP contribution in [0.2, 0.25) is 18.1 Å². The summed E-state index contributed by atoms with van der Waals surface area (Å²) in [4.78, 5) is 0. The molecular formula is C35H46Cl2OSiTi. The van der Waals surface area contributed by atoms with Gasteiger partial charge in [-0.2, -0.15) is 0 Å². The summed E-state index contributed by atoms with van der Waals surface area (Å²) in [5.41, 5.74) is 5.36. The molecule has 0 saturated carbocycles. The van der Waals surface area contributed by atoms with Crippen molar-refractivity contribution in [3.8, 4) is 5.75 Å². The molecule has 0 aliphatic heterocycles. The summed E-state index contributed by atoms with van der Waals surface area (Å²) in [6.07, 6.45) is 5.68. The van der Waals surface area contributed by atoms with Crippen molar-refractivity contribution in [3.05, 3.63) is 117 Å². The van der Waals surface area contributed by atoms with Crippen LogP contribution in [0.25, 0.3) is 0 Å². The van der Waals surface area contributed by atoms with Gasteiger partial charge in [-0.25, -0.2) is 0 Å². The molecule has 0 radical (unpaired) electrons. The van der Waals surface area contributed by atoms with Gasteiger partial charge in [-0.05, 0) is 0 Å². The molecule has 0 heterocycles. The molecule has 4 rings (SSSR count). The van der Waals surface area contributed by atoms with E-state index in [9.17, 15) is 0 Å². The third-order valence-corrected chi connectivity index (χ3v) is 17.6. The molecule has 0 fully saturated rings. The first-order valence-electron chi connectivity index (χ1n) is 13.8. The SMILES string of the molecule is Cc1cc([O][Ti]([C]2=C(C(C)(C)C)C=CC2)=[C](c2ccccc2)c2ccccc2)cc([Si](C)(C)C(C)(C)C)c1.Cl.Cl. The first-order chi connectivity index (χ1) is 17.8. The third-order valence-electron chi connectivity index (χ3n) is 8.23. The Morgan fingerprint density at radius 2 is 1.30 bits per heavy atom. The Bertz CT molecular complexity index is 1350. The Labute approximate surface area is 262 Å². The predicted octanol–water partition coefficient (Wildman–Crippen LogP) is 10.00. The van der Waals surface area contributed by atoms with Crippen LogP contribution in [0.4, 0.5) is 0 Å². The van der Waals surface area contributed by atoms with E-state index < -0.39 is 25.9 Å². The van der Waals surface area contributed by atoms with Crippen molar-refractivity contribution in [2.45, 2.75) is 73.0 Å². The molecule has 3 aromatic rings.